The van der Waals surface area contributed by atoms with Gasteiger partial charge in [-0.2, -0.15) is 0 Å². The highest BCUT2D eigenvalue weighted by Gasteiger charge is 2.43. The maximum atomic E-state index is 12.4. The molecule has 1 fully saturated rings. The fourth-order valence-electron chi connectivity index (χ4n) is 2.49. The second-order valence-electron chi connectivity index (χ2n) is 7.93. The van der Waals surface area contributed by atoms with Gasteiger partial charge in [0.05, 0.1) is 18.8 Å². The van der Waals surface area contributed by atoms with E-state index in [1.165, 1.54) is 12.2 Å². The molecule has 0 N–H and O–H groups in total. The average molecular weight is 384 g/mol. The molecule has 2 atom stereocenters. The molecule has 0 aromatic carbocycles. The van der Waals surface area contributed by atoms with Gasteiger partial charge in [0, 0.05) is 12.6 Å². The van der Waals surface area contributed by atoms with Crippen molar-refractivity contribution in [2.75, 3.05) is 19.8 Å². The predicted molar refractivity (Wildman–Crippen MR) is 104 cm³/mol. The summed E-state index contributed by atoms with van der Waals surface area (Å²) in [4.78, 5) is 25.6. The van der Waals surface area contributed by atoms with Gasteiger partial charge in [-0.1, -0.05) is 39.5 Å². The molecule has 0 bridgehead atoms. The van der Waals surface area contributed by atoms with E-state index in [1.807, 2.05) is 0 Å². The molecule has 148 valence electrons. The number of esters is 1. The Labute approximate surface area is 158 Å². The first kappa shape index (κ1) is 22.4. The molecule has 7 heteroatoms. The minimum Gasteiger partial charge on any atom is -0.463 e. The Bertz CT molecular complexity index is 539. The van der Waals surface area contributed by atoms with Crippen LogP contribution in [0.15, 0.2) is 24.8 Å². The number of rotatable bonds is 7. The van der Waals surface area contributed by atoms with E-state index in [-0.39, 0.29) is 23.8 Å². The van der Waals surface area contributed by atoms with Crippen LogP contribution in [0.3, 0.4) is 0 Å². The maximum absolute atomic E-state index is 12.4. The Morgan fingerprint density at radius 3 is 2.46 bits per heavy atom. The number of hydrogen-bond donors (Lipinski definition) is 0. The lowest BCUT2D eigenvalue weighted by Gasteiger charge is -2.38. The number of carbonyl (C=O) groups excluding carboxylic acids is 2. The first-order valence-electron chi connectivity index (χ1n) is 9.09. The zero-order valence-electron chi connectivity index (χ0n) is 16.9. The topological polar surface area (TPSA) is 65.1 Å². The molecule has 0 aromatic heterocycles. The Morgan fingerprint density at radius 1 is 1.27 bits per heavy atom. The molecule has 0 aromatic rings. The maximum Gasteiger partial charge on any atom is 0.410 e. The molecule has 0 radical (unpaired) electrons. The number of hydrogen-bond acceptors (Lipinski definition) is 5. The number of likely N-dealkylation sites (tertiary alicyclic amines) is 1. The zero-order valence-corrected chi connectivity index (χ0v) is 17.9. The van der Waals surface area contributed by atoms with Crippen LogP contribution < -0.4 is 0 Å². The summed E-state index contributed by atoms with van der Waals surface area (Å²) in [7, 11) is -1.96. The van der Waals surface area contributed by atoms with Crippen LogP contribution in [-0.4, -0.2) is 57.2 Å². The van der Waals surface area contributed by atoms with E-state index in [2.05, 4.69) is 40.4 Å². The molecule has 26 heavy (non-hydrogen) atoms. The monoisotopic (exact) mass is 383 g/mol. The van der Waals surface area contributed by atoms with Crippen LogP contribution in [0.25, 0.3) is 0 Å². The summed E-state index contributed by atoms with van der Waals surface area (Å²) in [5.74, 6) is -0.416. The van der Waals surface area contributed by atoms with Crippen molar-refractivity contribution in [2.45, 2.75) is 64.4 Å². The molecule has 0 spiro atoms. The lowest BCUT2D eigenvalue weighted by Crippen LogP contribution is -2.44. The first-order chi connectivity index (χ1) is 12.0. The van der Waals surface area contributed by atoms with E-state index in [4.69, 9.17) is 13.9 Å². The molecule has 1 aliphatic heterocycles. The van der Waals surface area contributed by atoms with Crippen molar-refractivity contribution in [1.82, 2.24) is 4.90 Å². The third kappa shape index (κ3) is 6.28. The van der Waals surface area contributed by atoms with Gasteiger partial charge in [-0.3, -0.25) is 4.90 Å². The lowest BCUT2D eigenvalue weighted by molar-refractivity contribution is -0.137. The van der Waals surface area contributed by atoms with Gasteiger partial charge in [-0.05, 0) is 31.5 Å². The van der Waals surface area contributed by atoms with Crippen LogP contribution in [0.2, 0.25) is 18.1 Å². The van der Waals surface area contributed by atoms with Gasteiger partial charge < -0.3 is 13.9 Å². The van der Waals surface area contributed by atoms with E-state index in [0.717, 1.165) is 0 Å². The fourth-order valence-corrected chi connectivity index (χ4v) is 3.85. The van der Waals surface area contributed by atoms with Crippen molar-refractivity contribution in [1.29, 1.82) is 0 Å². The quantitative estimate of drug-likeness (QED) is 0.289. The lowest BCUT2D eigenvalue weighted by atomic mass is 10.2. The van der Waals surface area contributed by atoms with E-state index in [0.29, 0.717) is 19.6 Å². The van der Waals surface area contributed by atoms with Crippen molar-refractivity contribution in [3.8, 4) is 0 Å². The minimum atomic E-state index is -1.96. The highest BCUT2D eigenvalue weighted by Crippen LogP contribution is 2.39. The molecule has 1 saturated heterocycles. The molecular weight excluding hydrogens is 350 g/mol. The molecule has 1 rings (SSSR count). The third-order valence-corrected chi connectivity index (χ3v) is 9.41. The first-order valence-corrected chi connectivity index (χ1v) is 12.0. The summed E-state index contributed by atoms with van der Waals surface area (Å²) in [5, 5.41) is 0.0834. The zero-order chi connectivity index (χ0) is 20.0. The Hall–Kier alpha value is -1.60. The number of carbonyl (C=O) groups is 2. The van der Waals surface area contributed by atoms with Gasteiger partial charge >= 0.3 is 12.1 Å². The van der Waals surface area contributed by atoms with Crippen LogP contribution in [0, 0.1) is 0 Å². The van der Waals surface area contributed by atoms with Crippen molar-refractivity contribution in [3.63, 3.8) is 0 Å². The van der Waals surface area contributed by atoms with Crippen molar-refractivity contribution in [3.05, 3.63) is 24.8 Å². The Morgan fingerprint density at radius 2 is 1.92 bits per heavy atom. The summed E-state index contributed by atoms with van der Waals surface area (Å²) in [5.41, 5.74) is 0. The summed E-state index contributed by atoms with van der Waals surface area (Å²) in [6.07, 6.45) is 4.72. The van der Waals surface area contributed by atoms with Crippen LogP contribution in [0.4, 0.5) is 4.79 Å². The van der Waals surface area contributed by atoms with Crippen LogP contribution in [0.1, 0.15) is 34.1 Å². The molecule has 1 amide bonds. The van der Waals surface area contributed by atoms with Gasteiger partial charge in [0.15, 0.2) is 8.32 Å². The predicted octanol–water partition coefficient (Wildman–Crippen LogP) is 3.89. The minimum absolute atomic E-state index is 0.0796. The fraction of sp³-hybridized carbons (Fsp3) is 0.684. The smallest absolute Gasteiger partial charge is 0.410 e. The summed E-state index contributed by atoms with van der Waals surface area (Å²) < 4.78 is 16.5. The molecule has 0 unspecified atom stereocenters. The Kier molecular flexibility index (Phi) is 8.08. The van der Waals surface area contributed by atoms with Crippen molar-refractivity contribution < 1.29 is 23.5 Å². The van der Waals surface area contributed by atoms with Crippen molar-refractivity contribution >= 4 is 20.4 Å². The highest BCUT2D eigenvalue weighted by molar-refractivity contribution is 6.74. The van der Waals surface area contributed by atoms with Gasteiger partial charge in [0.2, 0.25) is 0 Å². The van der Waals surface area contributed by atoms with E-state index >= 15 is 0 Å². The molecular formula is C19H33NO5Si. The van der Waals surface area contributed by atoms with E-state index < -0.39 is 20.4 Å². The largest absolute Gasteiger partial charge is 0.463 e. The molecule has 6 nitrogen and oxygen atoms in total. The van der Waals surface area contributed by atoms with Gasteiger partial charge in [0.1, 0.15) is 6.61 Å². The second kappa shape index (κ2) is 9.37. The number of ether oxygens (including phenoxy) is 2. The molecule has 0 saturated carbocycles. The van der Waals surface area contributed by atoms with Crippen LogP contribution >= 0.6 is 0 Å². The Balaban J connectivity index is 2.88. The number of amides is 1. The highest BCUT2D eigenvalue weighted by atomic mass is 28.4. The van der Waals surface area contributed by atoms with Crippen molar-refractivity contribution in [2.24, 2.45) is 0 Å². The summed E-state index contributed by atoms with van der Waals surface area (Å²) in [6, 6.07) is -0.258. The second-order valence-corrected chi connectivity index (χ2v) is 12.7. The van der Waals surface area contributed by atoms with E-state index in [1.54, 1.807) is 17.9 Å². The van der Waals surface area contributed by atoms with Gasteiger partial charge in [-0.25, -0.2) is 9.59 Å². The standard InChI is InChI=1S/C19H33NO5Si/c1-8-12-24-18(22)20-14-16(25-26(6,7)19(3,4)5)13-15(20)10-11-17(21)23-9-2/h8,10-11,15-16H,1,9,12-14H2,2-7H3/t15-,16-/m1/s1. The van der Waals surface area contributed by atoms with E-state index in [9.17, 15) is 9.59 Å². The summed E-state index contributed by atoms with van der Waals surface area (Å²) in [6.45, 7) is 17.2. The van der Waals surface area contributed by atoms with Crippen LogP contribution in [0.5, 0.6) is 0 Å². The van der Waals surface area contributed by atoms with Crippen LogP contribution in [-0.2, 0) is 18.7 Å². The molecule has 1 heterocycles. The third-order valence-electron chi connectivity index (χ3n) is 4.87. The molecule has 1 aliphatic rings. The normalized spacial score (nSPS) is 21.1. The molecule has 0 aliphatic carbocycles. The van der Waals surface area contributed by atoms with Gasteiger partial charge in [0.25, 0.3) is 0 Å². The SMILES string of the molecule is C=CCOC(=O)N1C[C@H](O[Si](C)(C)C(C)(C)C)C[C@H]1C=CC(=O)OCC. The summed E-state index contributed by atoms with van der Waals surface area (Å²) >= 11 is 0. The number of nitrogens with zero attached hydrogens (tertiary/aromatic N) is 1. The van der Waals surface area contributed by atoms with Gasteiger partial charge in [-0.15, -0.1) is 0 Å². The average Bonchev–Trinajstić information content (AvgIpc) is 2.92.